The molecule has 0 spiro atoms. The molecule has 18 heavy (non-hydrogen) atoms. The smallest absolute Gasteiger partial charge is 0.231 e. The highest BCUT2D eigenvalue weighted by molar-refractivity contribution is 5.81. The van der Waals surface area contributed by atoms with Gasteiger partial charge in [-0.3, -0.25) is 4.79 Å². The van der Waals surface area contributed by atoms with Crippen LogP contribution in [0, 0.1) is 5.92 Å². The zero-order chi connectivity index (χ0) is 12.4. The van der Waals surface area contributed by atoms with Crippen molar-refractivity contribution in [1.82, 2.24) is 0 Å². The van der Waals surface area contributed by atoms with E-state index in [4.69, 9.17) is 9.47 Å². The molecule has 0 bridgehead atoms. The lowest BCUT2D eigenvalue weighted by molar-refractivity contribution is -0.124. The summed E-state index contributed by atoms with van der Waals surface area (Å²) < 4.78 is 10.7. The molecule has 1 heterocycles. The highest BCUT2D eigenvalue weighted by atomic mass is 16.7. The summed E-state index contributed by atoms with van der Waals surface area (Å²) >= 11 is 0. The van der Waals surface area contributed by atoms with E-state index in [9.17, 15) is 4.79 Å². The van der Waals surface area contributed by atoms with Crippen LogP contribution in [-0.4, -0.2) is 12.6 Å². The van der Waals surface area contributed by atoms with Gasteiger partial charge < -0.3 is 9.47 Å². The molecule has 1 fully saturated rings. The number of aryl methyl sites for hydroxylation is 1. The van der Waals surface area contributed by atoms with Crippen molar-refractivity contribution in [3.05, 3.63) is 23.8 Å². The zero-order valence-electron chi connectivity index (χ0n) is 10.5. The summed E-state index contributed by atoms with van der Waals surface area (Å²) in [6.45, 7) is 0.319. The summed E-state index contributed by atoms with van der Waals surface area (Å²) in [5.74, 6) is 2.40. The Bertz CT molecular complexity index is 453. The van der Waals surface area contributed by atoms with Gasteiger partial charge in [-0.25, -0.2) is 0 Å². The number of carbonyl (C=O) groups is 1. The number of carbonyl (C=O) groups excluding carboxylic acids is 1. The van der Waals surface area contributed by atoms with Crippen LogP contribution in [0.2, 0.25) is 0 Å². The molecule has 96 valence electrons. The lowest BCUT2D eigenvalue weighted by Gasteiger charge is -2.20. The van der Waals surface area contributed by atoms with Crippen molar-refractivity contribution in [1.29, 1.82) is 0 Å². The fourth-order valence-electron chi connectivity index (χ4n) is 2.80. The van der Waals surface area contributed by atoms with Gasteiger partial charge in [0.05, 0.1) is 0 Å². The third-order valence-electron chi connectivity index (χ3n) is 3.90. The first-order valence-electron chi connectivity index (χ1n) is 6.74. The molecule has 1 aromatic carbocycles. The van der Waals surface area contributed by atoms with Crippen LogP contribution in [0.3, 0.4) is 0 Å². The first kappa shape index (κ1) is 11.6. The van der Waals surface area contributed by atoms with Gasteiger partial charge in [-0.2, -0.15) is 0 Å². The van der Waals surface area contributed by atoms with Gasteiger partial charge in [-0.05, 0) is 43.4 Å². The average Bonchev–Trinajstić information content (AvgIpc) is 2.85. The Balaban J connectivity index is 1.61. The van der Waals surface area contributed by atoms with Gasteiger partial charge >= 0.3 is 0 Å². The predicted octanol–water partition coefficient (Wildman–Crippen LogP) is 3.11. The van der Waals surface area contributed by atoms with Crippen molar-refractivity contribution < 1.29 is 14.3 Å². The Morgan fingerprint density at radius 3 is 2.94 bits per heavy atom. The second-order valence-corrected chi connectivity index (χ2v) is 5.14. The van der Waals surface area contributed by atoms with E-state index in [1.807, 2.05) is 12.1 Å². The molecule has 3 heteroatoms. The van der Waals surface area contributed by atoms with Gasteiger partial charge in [0, 0.05) is 12.3 Å². The molecule has 3 rings (SSSR count). The minimum absolute atomic E-state index is 0.282. The summed E-state index contributed by atoms with van der Waals surface area (Å²) in [6, 6.07) is 6.07. The molecule has 1 aliphatic heterocycles. The Hall–Kier alpha value is -1.51. The lowest BCUT2D eigenvalue weighted by atomic mass is 9.84. The average molecular weight is 246 g/mol. The predicted molar refractivity (Wildman–Crippen MR) is 67.9 cm³/mol. The SMILES string of the molecule is O=C1CCCCC1CCc1ccc2c(c1)OCO2. The number of Topliss-reactive ketones (excluding diaryl/α,β-unsaturated/α-hetero) is 1. The molecule has 2 aliphatic rings. The van der Waals surface area contributed by atoms with E-state index in [0.717, 1.165) is 43.6 Å². The van der Waals surface area contributed by atoms with Crippen molar-refractivity contribution >= 4 is 5.78 Å². The van der Waals surface area contributed by atoms with Crippen LogP contribution < -0.4 is 9.47 Å². The van der Waals surface area contributed by atoms with E-state index in [-0.39, 0.29) is 5.92 Å². The molecule has 0 amide bonds. The molecule has 0 N–H and O–H groups in total. The third kappa shape index (κ3) is 2.35. The fraction of sp³-hybridized carbons (Fsp3) is 0.533. The van der Waals surface area contributed by atoms with E-state index >= 15 is 0 Å². The van der Waals surface area contributed by atoms with E-state index in [1.165, 1.54) is 12.0 Å². The van der Waals surface area contributed by atoms with E-state index in [1.54, 1.807) is 0 Å². The van der Waals surface area contributed by atoms with Gasteiger partial charge in [-0.15, -0.1) is 0 Å². The second kappa shape index (κ2) is 5.01. The van der Waals surface area contributed by atoms with Gasteiger partial charge in [0.1, 0.15) is 5.78 Å². The molecule has 1 saturated carbocycles. The van der Waals surface area contributed by atoms with Crippen molar-refractivity contribution in [3.8, 4) is 11.5 Å². The molecule has 0 aromatic heterocycles. The summed E-state index contributed by atoms with van der Waals surface area (Å²) in [7, 11) is 0. The quantitative estimate of drug-likeness (QED) is 0.822. The van der Waals surface area contributed by atoms with E-state index < -0.39 is 0 Å². The molecule has 1 aliphatic carbocycles. The first-order valence-corrected chi connectivity index (χ1v) is 6.74. The van der Waals surface area contributed by atoms with Crippen molar-refractivity contribution in [2.24, 2.45) is 5.92 Å². The minimum Gasteiger partial charge on any atom is -0.454 e. The maximum absolute atomic E-state index is 11.8. The Morgan fingerprint density at radius 1 is 1.17 bits per heavy atom. The van der Waals surface area contributed by atoms with Crippen LogP contribution in [0.25, 0.3) is 0 Å². The number of fused-ring (bicyclic) bond motifs is 1. The molecule has 0 radical (unpaired) electrons. The third-order valence-corrected chi connectivity index (χ3v) is 3.90. The minimum atomic E-state index is 0.282. The Labute approximate surface area is 107 Å². The summed E-state index contributed by atoms with van der Waals surface area (Å²) in [4.78, 5) is 11.8. The zero-order valence-corrected chi connectivity index (χ0v) is 10.5. The summed E-state index contributed by atoms with van der Waals surface area (Å²) in [6.07, 6.45) is 6.07. The molecule has 1 unspecified atom stereocenters. The van der Waals surface area contributed by atoms with Gasteiger partial charge in [0.25, 0.3) is 0 Å². The number of benzene rings is 1. The largest absolute Gasteiger partial charge is 0.454 e. The first-order chi connectivity index (χ1) is 8.83. The monoisotopic (exact) mass is 246 g/mol. The molecule has 1 aromatic rings. The summed E-state index contributed by atoms with van der Waals surface area (Å²) in [5, 5.41) is 0. The highest BCUT2D eigenvalue weighted by Gasteiger charge is 2.22. The number of ketones is 1. The van der Waals surface area contributed by atoms with Crippen LogP contribution in [-0.2, 0) is 11.2 Å². The van der Waals surface area contributed by atoms with E-state index in [2.05, 4.69) is 6.07 Å². The molecular formula is C15H18O3. The number of rotatable bonds is 3. The topological polar surface area (TPSA) is 35.5 Å². The van der Waals surface area contributed by atoms with Gasteiger partial charge in [-0.1, -0.05) is 12.5 Å². The molecule has 0 saturated heterocycles. The number of hydrogen-bond donors (Lipinski definition) is 0. The van der Waals surface area contributed by atoms with Crippen molar-refractivity contribution in [2.45, 2.75) is 38.5 Å². The second-order valence-electron chi connectivity index (χ2n) is 5.14. The fourth-order valence-corrected chi connectivity index (χ4v) is 2.80. The van der Waals surface area contributed by atoms with Gasteiger partial charge in [0.15, 0.2) is 11.5 Å². The standard InChI is InChI=1S/C15H18O3/c16-13-4-2-1-3-12(13)7-5-11-6-8-14-15(9-11)18-10-17-14/h6,8-9,12H,1-5,7,10H2. The number of ether oxygens (including phenoxy) is 2. The molecule has 1 atom stereocenters. The Morgan fingerprint density at radius 2 is 2.06 bits per heavy atom. The maximum atomic E-state index is 11.8. The van der Waals surface area contributed by atoms with Crippen LogP contribution >= 0.6 is 0 Å². The van der Waals surface area contributed by atoms with Crippen LogP contribution in [0.4, 0.5) is 0 Å². The maximum Gasteiger partial charge on any atom is 0.231 e. The molecule has 3 nitrogen and oxygen atoms in total. The number of hydrogen-bond acceptors (Lipinski definition) is 3. The van der Waals surface area contributed by atoms with Crippen molar-refractivity contribution in [2.75, 3.05) is 6.79 Å². The van der Waals surface area contributed by atoms with Crippen molar-refractivity contribution in [3.63, 3.8) is 0 Å². The van der Waals surface area contributed by atoms with Crippen LogP contribution in [0.1, 0.15) is 37.7 Å². The van der Waals surface area contributed by atoms with Crippen LogP contribution in [0.15, 0.2) is 18.2 Å². The normalized spacial score (nSPS) is 22.2. The molecular weight excluding hydrogens is 228 g/mol. The van der Waals surface area contributed by atoms with Gasteiger partial charge in [0.2, 0.25) is 6.79 Å². The van der Waals surface area contributed by atoms with E-state index in [0.29, 0.717) is 12.6 Å². The van der Waals surface area contributed by atoms with Crippen LogP contribution in [0.5, 0.6) is 11.5 Å². The lowest BCUT2D eigenvalue weighted by Crippen LogP contribution is -2.19. The Kier molecular flexibility index (Phi) is 3.22. The summed E-state index contributed by atoms with van der Waals surface area (Å²) in [5.41, 5.74) is 1.23. The highest BCUT2D eigenvalue weighted by Crippen LogP contribution is 2.33.